The maximum atomic E-state index is 10.6. The summed E-state index contributed by atoms with van der Waals surface area (Å²) in [5, 5.41) is 49.3. The van der Waals surface area contributed by atoms with Gasteiger partial charge in [0.2, 0.25) is 0 Å². The Kier molecular flexibility index (Phi) is 3.54. The molecule has 0 amide bonds. The molecule has 6 heteroatoms. The van der Waals surface area contributed by atoms with Gasteiger partial charge in [0.15, 0.2) is 17.6 Å². The van der Waals surface area contributed by atoms with E-state index in [-0.39, 0.29) is 28.7 Å². The van der Waals surface area contributed by atoms with Crippen molar-refractivity contribution in [3.05, 3.63) is 54.1 Å². The fraction of sp³-hybridized carbons (Fsp3) is 0.176. The van der Waals surface area contributed by atoms with E-state index >= 15 is 0 Å². The van der Waals surface area contributed by atoms with Gasteiger partial charge in [-0.2, -0.15) is 0 Å². The van der Waals surface area contributed by atoms with Crippen LogP contribution in [0.15, 0.2) is 43.0 Å². The van der Waals surface area contributed by atoms with Crippen LogP contribution in [0.4, 0.5) is 0 Å². The van der Waals surface area contributed by atoms with Crippen molar-refractivity contribution in [2.75, 3.05) is 0 Å². The molecule has 2 aromatic carbocycles. The highest BCUT2D eigenvalue weighted by atomic mass is 16.5. The van der Waals surface area contributed by atoms with Crippen molar-refractivity contribution in [1.82, 2.24) is 0 Å². The van der Waals surface area contributed by atoms with E-state index in [2.05, 4.69) is 6.58 Å². The highest BCUT2D eigenvalue weighted by Crippen LogP contribution is 2.48. The van der Waals surface area contributed by atoms with E-state index in [1.807, 2.05) is 0 Å². The van der Waals surface area contributed by atoms with Crippen molar-refractivity contribution in [2.24, 2.45) is 0 Å². The Bertz CT molecular complexity index is 770. The van der Waals surface area contributed by atoms with Gasteiger partial charge in [0, 0.05) is 23.6 Å². The molecule has 6 nitrogen and oxygen atoms in total. The zero-order chi connectivity index (χ0) is 16.7. The molecule has 0 fully saturated rings. The minimum Gasteiger partial charge on any atom is -0.508 e. The first-order valence-corrected chi connectivity index (χ1v) is 6.97. The SMILES string of the molecule is C=CC1c2c(O)cc(O)cc2OC(c2ccc(O)c(O)c2)[C@@H]1O. The van der Waals surface area contributed by atoms with Crippen molar-refractivity contribution in [3.8, 4) is 28.7 Å². The Labute approximate surface area is 132 Å². The number of ether oxygens (including phenoxy) is 1. The van der Waals surface area contributed by atoms with Crippen LogP contribution in [0, 0.1) is 0 Å². The first-order valence-electron chi connectivity index (χ1n) is 6.97. The predicted octanol–water partition coefficient (Wildman–Crippen LogP) is 2.27. The summed E-state index contributed by atoms with van der Waals surface area (Å²) in [6.07, 6.45) is -0.451. The number of hydrogen-bond donors (Lipinski definition) is 5. The van der Waals surface area contributed by atoms with Crippen LogP contribution in [0.25, 0.3) is 0 Å². The summed E-state index contributed by atoms with van der Waals surface area (Å²) >= 11 is 0. The Balaban J connectivity index is 2.10. The van der Waals surface area contributed by atoms with Crippen molar-refractivity contribution < 1.29 is 30.3 Å². The van der Waals surface area contributed by atoms with Crippen molar-refractivity contribution in [1.29, 1.82) is 0 Å². The molecule has 3 atom stereocenters. The number of hydrogen-bond acceptors (Lipinski definition) is 6. The second-order valence-electron chi connectivity index (χ2n) is 5.42. The van der Waals surface area contributed by atoms with Crippen molar-refractivity contribution in [2.45, 2.75) is 18.1 Å². The van der Waals surface area contributed by atoms with Gasteiger partial charge in [-0.15, -0.1) is 6.58 Å². The Hall–Kier alpha value is -2.86. The molecule has 120 valence electrons. The number of phenols is 4. The van der Waals surface area contributed by atoms with Gasteiger partial charge in [0.1, 0.15) is 23.4 Å². The average molecular weight is 316 g/mol. The highest BCUT2D eigenvalue weighted by Gasteiger charge is 2.38. The van der Waals surface area contributed by atoms with E-state index < -0.39 is 18.1 Å². The smallest absolute Gasteiger partial charge is 0.157 e. The highest BCUT2D eigenvalue weighted by molar-refractivity contribution is 5.55. The zero-order valence-electron chi connectivity index (χ0n) is 12.0. The van der Waals surface area contributed by atoms with E-state index in [1.54, 1.807) is 0 Å². The van der Waals surface area contributed by atoms with Crippen LogP contribution in [0.5, 0.6) is 28.7 Å². The van der Waals surface area contributed by atoms with Gasteiger partial charge in [-0.3, -0.25) is 0 Å². The lowest BCUT2D eigenvalue weighted by atomic mass is 9.84. The fourth-order valence-electron chi connectivity index (χ4n) is 2.84. The number of rotatable bonds is 2. The maximum absolute atomic E-state index is 10.6. The largest absolute Gasteiger partial charge is 0.508 e. The summed E-state index contributed by atoms with van der Waals surface area (Å²) in [7, 11) is 0. The summed E-state index contributed by atoms with van der Waals surface area (Å²) in [5.74, 6) is -1.40. The molecule has 1 aliphatic rings. The van der Waals surface area contributed by atoms with Crippen LogP contribution >= 0.6 is 0 Å². The number of benzene rings is 2. The average Bonchev–Trinajstić information content (AvgIpc) is 2.50. The van der Waals surface area contributed by atoms with E-state index in [9.17, 15) is 25.5 Å². The maximum Gasteiger partial charge on any atom is 0.157 e. The molecular formula is C17H16O6. The number of fused-ring (bicyclic) bond motifs is 1. The quantitative estimate of drug-likeness (QED) is 0.429. The van der Waals surface area contributed by atoms with Crippen LogP contribution in [0.2, 0.25) is 0 Å². The molecule has 5 N–H and O–H groups in total. The van der Waals surface area contributed by atoms with Crippen molar-refractivity contribution in [3.63, 3.8) is 0 Å². The third-order valence-corrected chi connectivity index (χ3v) is 3.95. The first-order chi connectivity index (χ1) is 10.9. The monoisotopic (exact) mass is 316 g/mol. The van der Waals surface area contributed by atoms with Gasteiger partial charge >= 0.3 is 0 Å². The second-order valence-corrected chi connectivity index (χ2v) is 5.42. The lowest BCUT2D eigenvalue weighted by Crippen LogP contribution is -2.33. The summed E-state index contributed by atoms with van der Waals surface area (Å²) in [4.78, 5) is 0. The standard InChI is InChI=1S/C17H16O6/c1-2-10-15-13(21)6-9(18)7-14(15)23-17(16(10)22)8-3-4-11(19)12(20)5-8/h2-7,10,16-22H,1H2/t10?,16-,17?/m1/s1. The summed E-state index contributed by atoms with van der Waals surface area (Å²) in [6.45, 7) is 3.68. The van der Waals surface area contributed by atoms with E-state index in [4.69, 9.17) is 4.74 Å². The normalized spacial score (nSPS) is 22.9. The summed E-state index contributed by atoms with van der Waals surface area (Å²) in [6, 6.07) is 6.59. The molecule has 0 saturated carbocycles. The molecule has 23 heavy (non-hydrogen) atoms. The molecular weight excluding hydrogens is 300 g/mol. The Morgan fingerprint density at radius 2 is 1.70 bits per heavy atom. The predicted molar refractivity (Wildman–Crippen MR) is 81.9 cm³/mol. The summed E-state index contributed by atoms with van der Waals surface area (Å²) < 4.78 is 5.71. The van der Waals surface area contributed by atoms with E-state index in [0.29, 0.717) is 11.1 Å². The van der Waals surface area contributed by atoms with Gasteiger partial charge in [-0.1, -0.05) is 12.1 Å². The van der Waals surface area contributed by atoms with Gasteiger partial charge in [-0.05, 0) is 17.7 Å². The minimum absolute atomic E-state index is 0.173. The number of aliphatic hydroxyl groups excluding tert-OH is 1. The Morgan fingerprint density at radius 3 is 2.35 bits per heavy atom. The summed E-state index contributed by atoms with van der Waals surface area (Å²) in [5.41, 5.74) is 0.776. The third kappa shape index (κ3) is 2.43. The first kappa shape index (κ1) is 15.1. The lowest BCUT2D eigenvalue weighted by molar-refractivity contribution is 0.00895. The lowest BCUT2D eigenvalue weighted by Gasteiger charge is -2.36. The molecule has 1 aliphatic heterocycles. The molecule has 2 unspecified atom stereocenters. The molecule has 2 aromatic rings. The zero-order valence-corrected chi connectivity index (χ0v) is 12.0. The number of phenolic OH excluding ortho intramolecular Hbond substituents is 4. The minimum atomic E-state index is -1.07. The van der Waals surface area contributed by atoms with E-state index in [1.165, 1.54) is 30.3 Å². The molecule has 0 bridgehead atoms. The molecule has 0 saturated heterocycles. The molecule has 0 aliphatic carbocycles. The van der Waals surface area contributed by atoms with Gasteiger partial charge in [0.25, 0.3) is 0 Å². The molecule has 0 spiro atoms. The third-order valence-electron chi connectivity index (χ3n) is 3.95. The van der Waals surface area contributed by atoms with Gasteiger partial charge < -0.3 is 30.3 Å². The van der Waals surface area contributed by atoms with Crippen molar-refractivity contribution >= 4 is 0 Å². The number of aliphatic hydroxyl groups is 1. The second kappa shape index (κ2) is 5.40. The van der Waals surface area contributed by atoms with Gasteiger partial charge in [-0.25, -0.2) is 0 Å². The molecule has 1 heterocycles. The molecule has 0 radical (unpaired) electrons. The van der Waals surface area contributed by atoms with Crippen LogP contribution in [-0.4, -0.2) is 31.6 Å². The van der Waals surface area contributed by atoms with Gasteiger partial charge in [0.05, 0.1) is 0 Å². The van der Waals surface area contributed by atoms with E-state index in [0.717, 1.165) is 6.07 Å². The van der Waals surface area contributed by atoms with Crippen LogP contribution in [0.1, 0.15) is 23.1 Å². The van der Waals surface area contributed by atoms with Crippen LogP contribution < -0.4 is 4.74 Å². The van der Waals surface area contributed by atoms with Crippen LogP contribution in [-0.2, 0) is 0 Å². The molecule has 3 rings (SSSR count). The topological polar surface area (TPSA) is 110 Å². The molecule has 0 aromatic heterocycles. The Morgan fingerprint density at radius 1 is 0.957 bits per heavy atom. The fourth-order valence-corrected chi connectivity index (χ4v) is 2.84. The number of aromatic hydroxyl groups is 4. The van der Waals surface area contributed by atoms with Crippen LogP contribution in [0.3, 0.4) is 0 Å².